The summed E-state index contributed by atoms with van der Waals surface area (Å²) in [6.07, 6.45) is 0. The van der Waals surface area contributed by atoms with Crippen LogP contribution < -0.4 is 0 Å². The SMILES string of the molecule is CC(C)[CH2][Hg][Br]. The Bertz CT molecular complexity index is 28.7. The number of halogens is 1. The van der Waals surface area contributed by atoms with Crippen LogP contribution in [0.1, 0.15) is 13.8 Å². The van der Waals surface area contributed by atoms with Gasteiger partial charge in [-0.3, -0.25) is 0 Å². The van der Waals surface area contributed by atoms with Gasteiger partial charge in [0, 0.05) is 0 Å². The van der Waals surface area contributed by atoms with Gasteiger partial charge >= 0.3 is 57.7 Å². The average molecular weight is 338 g/mol. The van der Waals surface area contributed by atoms with Crippen molar-refractivity contribution in [2.24, 2.45) is 5.92 Å². The van der Waals surface area contributed by atoms with Crippen molar-refractivity contribution in [3.05, 3.63) is 0 Å². The fourth-order valence-electron chi connectivity index (χ4n) is 0.218. The van der Waals surface area contributed by atoms with Crippen LogP contribution in [0, 0.1) is 5.92 Å². The monoisotopic (exact) mass is 338 g/mol. The van der Waals surface area contributed by atoms with Crippen LogP contribution in [-0.4, -0.2) is 0 Å². The number of hydrogen-bond acceptors (Lipinski definition) is 0. The molecule has 0 aliphatic rings. The molecule has 0 aromatic rings. The maximum atomic E-state index is 3.57. The maximum absolute atomic E-state index is 3.57. The minimum absolute atomic E-state index is 0.400. The molecular weight excluding hydrogens is 329 g/mol. The molecule has 0 unspecified atom stereocenters. The molecule has 0 aromatic heterocycles. The first-order valence-electron chi connectivity index (χ1n) is 2.33. The molecule has 0 heterocycles. The van der Waals surface area contributed by atoms with Gasteiger partial charge in [0.25, 0.3) is 0 Å². The van der Waals surface area contributed by atoms with E-state index in [-0.39, 0.29) is 0 Å². The first-order chi connectivity index (χ1) is 2.77. The van der Waals surface area contributed by atoms with E-state index in [1.165, 1.54) is 3.93 Å². The van der Waals surface area contributed by atoms with E-state index in [0.29, 0.717) is 0 Å². The standard InChI is InChI=1S/C4H9.BrH.Hg/c1-4(2)3;;/h4H,1H2,2-3H3;1H;/q;;+1/p-1. The Balaban J connectivity index is 2.63. The summed E-state index contributed by atoms with van der Waals surface area (Å²) >= 11 is 3.17. The summed E-state index contributed by atoms with van der Waals surface area (Å²) in [6, 6.07) is 0. The zero-order valence-electron chi connectivity index (χ0n) is 4.37. The number of hydrogen-bond donors (Lipinski definition) is 0. The topological polar surface area (TPSA) is 0 Å². The van der Waals surface area contributed by atoms with Crippen molar-refractivity contribution >= 4 is 11.9 Å². The summed E-state index contributed by atoms with van der Waals surface area (Å²) in [6.45, 7) is 4.56. The second kappa shape index (κ2) is 4.57. The van der Waals surface area contributed by atoms with Crippen LogP contribution in [0.15, 0.2) is 0 Å². The van der Waals surface area contributed by atoms with Crippen LogP contribution in [0.2, 0.25) is 3.93 Å². The zero-order valence-corrected chi connectivity index (χ0v) is 11.5. The van der Waals surface area contributed by atoms with Crippen molar-refractivity contribution in [2.45, 2.75) is 17.8 Å². The molecule has 0 aliphatic carbocycles. The third-order valence-corrected chi connectivity index (χ3v) is 10.0. The Hall–Kier alpha value is 1.42. The fraction of sp³-hybridized carbons (Fsp3) is 1.00. The van der Waals surface area contributed by atoms with Gasteiger partial charge in [-0.1, -0.05) is 0 Å². The van der Waals surface area contributed by atoms with E-state index >= 15 is 0 Å². The van der Waals surface area contributed by atoms with Gasteiger partial charge in [0.15, 0.2) is 0 Å². The molecular formula is C4H9BrHg. The number of rotatable bonds is 2. The van der Waals surface area contributed by atoms with Crippen molar-refractivity contribution in [1.82, 2.24) is 0 Å². The summed E-state index contributed by atoms with van der Waals surface area (Å²) in [4.78, 5) is 0. The van der Waals surface area contributed by atoms with Crippen molar-refractivity contribution in [3.8, 4) is 0 Å². The van der Waals surface area contributed by atoms with Gasteiger partial charge in [-0.15, -0.1) is 0 Å². The second-order valence-corrected chi connectivity index (χ2v) is 12.5. The van der Waals surface area contributed by atoms with E-state index in [2.05, 4.69) is 25.8 Å². The molecule has 2 heteroatoms. The first-order valence-corrected chi connectivity index (χ1v) is 18.1. The van der Waals surface area contributed by atoms with Crippen LogP contribution in [0.3, 0.4) is 0 Å². The molecule has 0 bridgehead atoms. The first kappa shape index (κ1) is 7.42. The van der Waals surface area contributed by atoms with E-state index in [0.717, 1.165) is 5.92 Å². The van der Waals surface area contributed by atoms with E-state index in [4.69, 9.17) is 0 Å². The van der Waals surface area contributed by atoms with Crippen LogP contribution in [0.25, 0.3) is 0 Å². The molecule has 0 N–H and O–H groups in total. The van der Waals surface area contributed by atoms with E-state index in [9.17, 15) is 0 Å². The van der Waals surface area contributed by atoms with Crippen LogP contribution in [0.4, 0.5) is 0 Å². The molecule has 0 aromatic carbocycles. The molecule has 0 spiro atoms. The zero-order chi connectivity index (χ0) is 4.99. The summed E-state index contributed by atoms with van der Waals surface area (Å²) in [7, 11) is 0. The van der Waals surface area contributed by atoms with Gasteiger partial charge < -0.3 is 0 Å². The minimum atomic E-state index is -0.400. The van der Waals surface area contributed by atoms with Gasteiger partial charge in [0.2, 0.25) is 0 Å². The van der Waals surface area contributed by atoms with Crippen molar-refractivity contribution in [3.63, 3.8) is 0 Å². The Morgan fingerprint density at radius 2 is 2.17 bits per heavy atom. The van der Waals surface area contributed by atoms with E-state index < -0.39 is 22.1 Å². The molecule has 6 heavy (non-hydrogen) atoms. The van der Waals surface area contributed by atoms with Gasteiger partial charge in [-0.25, -0.2) is 0 Å². The predicted octanol–water partition coefficient (Wildman–Crippen LogP) is 2.45. The van der Waals surface area contributed by atoms with Gasteiger partial charge in [0.05, 0.1) is 0 Å². The molecule has 0 fully saturated rings. The molecule has 0 saturated carbocycles. The summed E-state index contributed by atoms with van der Waals surface area (Å²) in [5.74, 6) is 0.950. The van der Waals surface area contributed by atoms with Crippen LogP contribution in [-0.2, 0) is 22.1 Å². The van der Waals surface area contributed by atoms with Crippen LogP contribution in [0.5, 0.6) is 0 Å². The summed E-state index contributed by atoms with van der Waals surface area (Å²) in [5.41, 5.74) is 0. The Morgan fingerprint density at radius 3 is 2.17 bits per heavy atom. The van der Waals surface area contributed by atoms with Gasteiger partial charge in [-0.05, 0) is 0 Å². The summed E-state index contributed by atoms with van der Waals surface area (Å²) < 4.78 is 1.51. The molecule has 34 valence electrons. The van der Waals surface area contributed by atoms with Crippen molar-refractivity contribution < 1.29 is 22.1 Å². The van der Waals surface area contributed by atoms with Crippen molar-refractivity contribution in [1.29, 1.82) is 0 Å². The molecule has 0 radical (unpaired) electrons. The van der Waals surface area contributed by atoms with E-state index in [1.54, 1.807) is 0 Å². The molecule has 0 amide bonds. The Kier molecular flexibility index (Phi) is 5.65. The third-order valence-electron chi connectivity index (χ3n) is 0.686. The van der Waals surface area contributed by atoms with E-state index in [1.807, 2.05) is 0 Å². The molecule has 0 aliphatic heterocycles. The molecule has 0 nitrogen and oxygen atoms in total. The van der Waals surface area contributed by atoms with Gasteiger partial charge in [-0.2, -0.15) is 0 Å². The Morgan fingerprint density at radius 1 is 1.67 bits per heavy atom. The van der Waals surface area contributed by atoms with Crippen molar-refractivity contribution in [2.75, 3.05) is 0 Å². The van der Waals surface area contributed by atoms with Crippen LogP contribution >= 0.6 is 11.9 Å². The predicted molar refractivity (Wildman–Crippen MR) is 28.6 cm³/mol. The average Bonchev–Trinajstić information content (AvgIpc) is 1.35. The van der Waals surface area contributed by atoms with Gasteiger partial charge in [0.1, 0.15) is 0 Å². The third kappa shape index (κ3) is 5.42. The molecule has 0 atom stereocenters. The molecule has 0 rings (SSSR count). The summed E-state index contributed by atoms with van der Waals surface area (Å²) in [5, 5.41) is 0. The fourth-order valence-corrected chi connectivity index (χ4v) is 9.95. The Labute approximate surface area is 57.4 Å². The normalized spacial score (nSPS) is 8.67. The molecule has 0 saturated heterocycles. The second-order valence-electron chi connectivity index (χ2n) is 1.87. The quantitative estimate of drug-likeness (QED) is 0.679.